The molecule has 0 rings (SSSR count). The second kappa shape index (κ2) is 29.0. The van der Waals surface area contributed by atoms with Gasteiger partial charge in [-0.15, -0.1) is 0 Å². The number of amides is 2. The lowest BCUT2D eigenvalue weighted by atomic mass is 10.0. The van der Waals surface area contributed by atoms with Crippen LogP contribution in [0.4, 0.5) is 0 Å². The van der Waals surface area contributed by atoms with Crippen molar-refractivity contribution in [3.63, 3.8) is 0 Å². The summed E-state index contributed by atoms with van der Waals surface area (Å²) in [6.07, 6.45) is 19.1. The molecule has 0 saturated heterocycles. The summed E-state index contributed by atoms with van der Waals surface area (Å²) in [6.45, 7) is 4.28. The van der Waals surface area contributed by atoms with Crippen molar-refractivity contribution >= 4 is 43.0 Å². The van der Waals surface area contributed by atoms with Crippen molar-refractivity contribution in [2.24, 2.45) is 5.92 Å². The third-order valence-corrected chi connectivity index (χ3v) is 7.40. The molecule has 1 atom stereocenters. The molecule has 0 aromatic carbocycles. The number of Topliss-reactive ketones (excluding diaryl/α,β-unsaturated/α-hetero) is 1. The molecule has 4 N–H and O–H groups in total. The van der Waals surface area contributed by atoms with E-state index in [0.717, 1.165) is 64.2 Å². The van der Waals surface area contributed by atoms with Crippen LogP contribution in [0.5, 0.6) is 0 Å². The monoisotopic (exact) mass is 616 g/mol. The van der Waals surface area contributed by atoms with Crippen LogP contribution in [-0.4, -0.2) is 52.3 Å². The van der Waals surface area contributed by atoms with Crippen molar-refractivity contribution in [3.8, 4) is 0 Å². The Morgan fingerprint density at radius 1 is 0.548 bits per heavy atom. The summed E-state index contributed by atoms with van der Waals surface area (Å²) in [4.78, 5) is 57.8. The Balaban J connectivity index is 0. The molecule has 42 heavy (non-hydrogen) atoms. The average molecular weight is 617 g/mol. The number of carbonyl (C=O) groups is 5. The topological polar surface area (TPSA) is 150 Å². The van der Waals surface area contributed by atoms with Crippen LogP contribution in [0.3, 0.4) is 0 Å². The summed E-state index contributed by atoms with van der Waals surface area (Å²) in [5, 5.41) is 23.4. The molecule has 0 aliphatic heterocycles. The summed E-state index contributed by atoms with van der Waals surface area (Å²) in [5.74, 6) is -2.03. The lowest BCUT2D eigenvalue weighted by Crippen LogP contribution is -2.41. The van der Waals surface area contributed by atoms with Crippen LogP contribution in [0, 0.1) is 5.92 Å². The molecular formula is C32H60N2O7S. The van der Waals surface area contributed by atoms with Gasteiger partial charge in [0.25, 0.3) is 0 Å². The van der Waals surface area contributed by atoms with E-state index in [2.05, 4.69) is 10.6 Å². The molecular weight excluding hydrogens is 556 g/mol. The fourth-order valence-corrected chi connectivity index (χ4v) is 4.69. The summed E-state index contributed by atoms with van der Waals surface area (Å²) in [7, 11) is 0. The highest BCUT2D eigenvalue weighted by Gasteiger charge is 2.20. The molecule has 0 aliphatic rings. The number of nitrogens with one attached hydrogen (secondary N) is 2. The van der Waals surface area contributed by atoms with Gasteiger partial charge in [-0.05, 0) is 32.1 Å². The zero-order chi connectivity index (χ0) is 30.7. The molecule has 0 spiro atoms. The van der Waals surface area contributed by atoms with Crippen LogP contribution < -0.4 is 10.6 Å². The zero-order valence-corrected chi connectivity index (χ0v) is 27.4. The Bertz CT molecular complexity index is 746. The average Bonchev–Trinajstić information content (AvgIpc) is 2.91. The van der Waals surface area contributed by atoms with Gasteiger partial charge in [-0.3, -0.25) is 19.2 Å². The normalized spacial score (nSPS) is 11.5. The zero-order valence-electron chi connectivity index (χ0n) is 26.4. The largest absolute Gasteiger partial charge is 0.481 e. The number of aliphatic carboxylic acids is 2. The molecule has 0 bridgehead atoms. The van der Waals surface area contributed by atoms with Gasteiger partial charge in [0.15, 0.2) is 0 Å². The maximum Gasteiger partial charge on any atom is 0.326 e. The minimum atomic E-state index is -1.13. The van der Waals surface area contributed by atoms with E-state index < -0.39 is 18.0 Å². The smallest absolute Gasteiger partial charge is 0.326 e. The van der Waals surface area contributed by atoms with Gasteiger partial charge in [0, 0.05) is 38.1 Å². The van der Waals surface area contributed by atoms with Gasteiger partial charge in [-0.25, -0.2) is 4.79 Å². The first kappa shape index (κ1) is 42.0. The molecule has 0 aromatic rings. The predicted octanol–water partition coefficient (Wildman–Crippen LogP) is 6.68. The Hall–Kier alpha value is -2.10. The summed E-state index contributed by atoms with van der Waals surface area (Å²) >= 11 is 0. The van der Waals surface area contributed by atoms with Crippen molar-refractivity contribution < 1.29 is 34.2 Å². The van der Waals surface area contributed by atoms with Gasteiger partial charge in [0.2, 0.25) is 11.8 Å². The van der Waals surface area contributed by atoms with Crippen molar-refractivity contribution in [1.29, 1.82) is 0 Å². The summed E-state index contributed by atoms with van der Waals surface area (Å²) < 4.78 is 0. The maximum absolute atomic E-state index is 12.2. The number of unbranched alkanes of at least 4 members (excludes halogenated alkanes) is 15. The number of ketones is 1. The second-order valence-corrected chi connectivity index (χ2v) is 11.6. The Kier molecular flexibility index (Phi) is 29.0. The lowest BCUT2D eigenvalue weighted by molar-refractivity contribution is -0.142. The number of carboxylic acid groups (broad SMARTS) is 2. The fraction of sp³-hybridized carbons (Fsp3) is 0.844. The van der Waals surface area contributed by atoms with E-state index in [4.69, 9.17) is 5.11 Å². The molecule has 2 amide bonds. The third kappa shape index (κ3) is 28.0. The van der Waals surface area contributed by atoms with Crippen molar-refractivity contribution in [3.05, 3.63) is 0 Å². The molecule has 0 radical (unpaired) electrons. The van der Waals surface area contributed by atoms with E-state index in [-0.39, 0.29) is 56.3 Å². The van der Waals surface area contributed by atoms with Crippen molar-refractivity contribution in [1.82, 2.24) is 10.6 Å². The van der Waals surface area contributed by atoms with Crippen molar-refractivity contribution in [2.75, 3.05) is 6.54 Å². The highest BCUT2D eigenvalue weighted by Crippen LogP contribution is 2.14. The van der Waals surface area contributed by atoms with E-state index >= 15 is 0 Å². The first-order valence-electron chi connectivity index (χ1n) is 16.2. The molecule has 246 valence electrons. The maximum atomic E-state index is 12.2. The molecule has 0 saturated carbocycles. The first-order chi connectivity index (χ1) is 19.6. The number of carboxylic acids is 2. The SMILES string of the molecule is CC(C)C(=O)CCCCCNC(=O)CC[C@H](NC(=O)CCCCCCCCCCCCCCCCC(=O)O)C(=O)O.S. The van der Waals surface area contributed by atoms with Crippen molar-refractivity contribution in [2.45, 2.75) is 161 Å². The van der Waals surface area contributed by atoms with E-state index in [1.807, 2.05) is 13.8 Å². The highest BCUT2D eigenvalue weighted by molar-refractivity contribution is 7.59. The number of hydrogen-bond acceptors (Lipinski definition) is 5. The van der Waals surface area contributed by atoms with Gasteiger partial charge >= 0.3 is 11.9 Å². The van der Waals surface area contributed by atoms with E-state index in [1.54, 1.807) is 0 Å². The molecule has 9 nitrogen and oxygen atoms in total. The summed E-state index contributed by atoms with van der Waals surface area (Å²) in [5.41, 5.74) is 0. The fourth-order valence-electron chi connectivity index (χ4n) is 4.69. The van der Waals surface area contributed by atoms with Gasteiger partial charge in [-0.1, -0.05) is 97.3 Å². The van der Waals surface area contributed by atoms with Crippen LogP contribution in [0.25, 0.3) is 0 Å². The Morgan fingerprint density at radius 2 is 0.976 bits per heavy atom. The van der Waals surface area contributed by atoms with E-state index in [9.17, 15) is 29.1 Å². The minimum absolute atomic E-state index is 0. The quantitative estimate of drug-likeness (QED) is 0.0685. The van der Waals surface area contributed by atoms with Crippen LogP contribution in [0.2, 0.25) is 0 Å². The van der Waals surface area contributed by atoms with Gasteiger partial charge in [-0.2, -0.15) is 13.5 Å². The van der Waals surface area contributed by atoms with Crippen LogP contribution >= 0.6 is 13.5 Å². The van der Waals surface area contributed by atoms with Gasteiger partial charge in [0.05, 0.1) is 0 Å². The minimum Gasteiger partial charge on any atom is -0.481 e. The highest BCUT2D eigenvalue weighted by atomic mass is 32.1. The van der Waals surface area contributed by atoms with Gasteiger partial charge < -0.3 is 20.8 Å². The van der Waals surface area contributed by atoms with Crippen LogP contribution in [0.1, 0.15) is 155 Å². The Labute approximate surface area is 261 Å². The number of hydrogen-bond donors (Lipinski definition) is 4. The predicted molar refractivity (Wildman–Crippen MR) is 172 cm³/mol. The molecule has 10 heteroatoms. The van der Waals surface area contributed by atoms with Crippen LogP contribution in [-0.2, 0) is 24.0 Å². The second-order valence-electron chi connectivity index (χ2n) is 11.6. The third-order valence-electron chi connectivity index (χ3n) is 7.40. The van der Waals surface area contributed by atoms with Gasteiger partial charge in [0.1, 0.15) is 11.8 Å². The van der Waals surface area contributed by atoms with E-state index in [1.165, 1.54) is 44.9 Å². The number of carbonyl (C=O) groups excluding carboxylic acids is 3. The van der Waals surface area contributed by atoms with Crippen LogP contribution in [0.15, 0.2) is 0 Å². The summed E-state index contributed by atoms with van der Waals surface area (Å²) in [6, 6.07) is -1.06. The molecule has 0 aliphatic carbocycles. The standard InChI is InChI=1S/C32H58N2O7.H2S/c1-26(2)28(35)20-16-15-19-25-33-29(36)24-23-27(32(40)41)34-30(37)21-17-13-11-9-7-5-3-4-6-8-10-12-14-18-22-31(38)39;/h26-27H,3-25H2,1-2H3,(H,33,36)(H,34,37)(H,38,39)(H,40,41);1H2/t27-;/m0./s1. The molecule has 0 fully saturated rings. The molecule has 0 heterocycles. The first-order valence-corrected chi connectivity index (χ1v) is 16.2. The molecule has 0 aromatic heterocycles. The van der Waals surface area contributed by atoms with E-state index in [0.29, 0.717) is 19.4 Å². The number of rotatable bonds is 29. The molecule has 0 unspecified atom stereocenters. The Morgan fingerprint density at radius 3 is 1.43 bits per heavy atom. The lowest BCUT2D eigenvalue weighted by Gasteiger charge is -2.14.